The summed E-state index contributed by atoms with van der Waals surface area (Å²) in [5.74, 6) is 1.34. The number of nitrogens with zero attached hydrogens (tertiary/aromatic N) is 3. The van der Waals surface area contributed by atoms with E-state index in [4.69, 9.17) is 0 Å². The van der Waals surface area contributed by atoms with Crippen molar-refractivity contribution < 1.29 is 4.79 Å². The van der Waals surface area contributed by atoms with Crippen LogP contribution in [0.25, 0.3) is 11.5 Å². The fourth-order valence-electron chi connectivity index (χ4n) is 2.73. The Morgan fingerprint density at radius 3 is 2.60 bits per heavy atom. The highest BCUT2D eigenvalue weighted by molar-refractivity contribution is 5.80. The van der Waals surface area contributed by atoms with Gasteiger partial charge in [0.15, 0.2) is 5.82 Å². The van der Waals surface area contributed by atoms with Crippen LogP contribution < -0.4 is 0 Å². The summed E-state index contributed by atoms with van der Waals surface area (Å²) in [5, 5.41) is 6.97. The molecule has 0 saturated heterocycles. The van der Waals surface area contributed by atoms with Gasteiger partial charge in [-0.1, -0.05) is 42.8 Å². The zero-order valence-electron chi connectivity index (χ0n) is 14.2. The van der Waals surface area contributed by atoms with Gasteiger partial charge in [0.1, 0.15) is 17.3 Å². The zero-order valence-corrected chi connectivity index (χ0v) is 14.2. The number of nitrogens with one attached hydrogen (secondary N) is 1. The maximum absolute atomic E-state index is 12.1. The standard InChI is InChI=1S/C20H22N4O/c25-17(12-6-2-5-11-16-9-3-1-4-10-16)15-19-22-20(24-23-19)18-13-7-8-14-21-18/h1,3-4,7-10,13-14H,2,5-6,11-12,15H2,(H,22,23,24). The van der Waals surface area contributed by atoms with E-state index in [0.29, 0.717) is 30.2 Å². The third kappa shape index (κ3) is 5.35. The lowest BCUT2D eigenvalue weighted by molar-refractivity contribution is -0.118. The maximum atomic E-state index is 12.1. The van der Waals surface area contributed by atoms with Crippen molar-refractivity contribution in [2.75, 3.05) is 0 Å². The molecule has 3 rings (SSSR count). The van der Waals surface area contributed by atoms with E-state index in [-0.39, 0.29) is 5.78 Å². The normalized spacial score (nSPS) is 10.7. The first kappa shape index (κ1) is 17.0. The molecule has 5 nitrogen and oxygen atoms in total. The molecular weight excluding hydrogens is 312 g/mol. The van der Waals surface area contributed by atoms with Gasteiger partial charge in [-0.25, -0.2) is 4.98 Å². The van der Waals surface area contributed by atoms with Crippen LogP contribution in [0.5, 0.6) is 0 Å². The van der Waals surface area contributed by atoms with Crippen molar-refractivity contribution in [1.82, 2.24) is 20.2 Å². The van der Waals surface area contributed by atoms with Gasteiger partial charge in [0.05, 0.1) is 6.42 Å². The smallest absolute Gasteiger partial charge is 0.199 e. The number of aryl methyl sites for hydroxylation is 1. The fourth-order valence-corrected chi connectivity index (χ4v) is 2.73. The van der Waals surface area contributed by atoms with Crippen molar-refractivity contribution in [2.45, 2.75) is 38.5 Å². The molecule has 128 valence electrons. The van der Waals surface area contributed by atoms with E-state index in [1.54, 1.807) is 6.20 Å². The highest BCUT2D eigenvalue weighted by atomic mass is 16.1. The molecule has 2 aromatic heterocycles. The summed E-state index contributed by atoms with van der Waals surface area (Å²) in [6.45, 7) is 0. The van der Waals surface area contributed by atoms with Crippen LogP contribution in [0.1, 0.15) is 37.1 Å². The molecule has 0 saturated carbocycles. The highest BCUT2D eigenvalue weighted by Crippen LogP contribution is 2.12. The number of carbonyl (C=O) groups is 1. The lowest BCUT2D eigenvalue weighted by atomic mass is 10.0. The van der Waals surface area contributed by atoms with Gasteiger partial charge in [-0.3, -0.25) is 14.9 Å². The van der Waals surface area contributed by atoms with Crippen LogP contribution in [0.4, 0.5) is 0 Å². The molecule has 0 aliphatic heterocycles. The van der Waals surface area contributed by atoms with Crippen molar-refractivity contribution in [2.24, 2.45) is 0 Å². The largest absolute Gasteiger partial charge is 0.299 e. The quantitative estimate of drug-likeness (QED) is 0.605. The molecule has 1 N–H and O–H groups in total. The molecule has 0 atom stereocenters. The lowest BCUT2D eigenvalue weighted by Gasteiger charge is -2.01. The van der Waals surface area contributed by atoms with E-state index in [0.717, 1.165) is 25.7 Å². The van der Waals surface area contributed by atoms with Gasteiger partial charge < -0.3 is 0 Å². The van der Waals surface area contributed by atoms with Crippen LogP contribution in [0, 0.1) is 0 Å². The molecule has 2 heterocycles. The van der Waals surface area contributed by atoms with E-state index in [9.17, 15) is 4.79 Å². The first-order valence-electron chi connectivity index (χ1n) is 8.69. The third-order valence-electron chi connectivity index (χ3n) is 4.05. The van der Waals surface area contributed by atoms with Crippen molar-refractivity contribution in [3.8, 4) is 11.5 Å². The SMILES string of the molecule is O=C(CCCCCc1ccccc1)Cc1nc(-c2ccccn2)n[nH]1. The molecule has 0 aliphatic carbocycles. The summed E-state index contributed by atoms with van der Waals surface area (Å²) >= 11 is 0. The molecule has 0 aliphatic rings. The lowest BCUT2D eigenvalue weighted by Crippen LogP contribution is -2.04. The Bertz CT molecular complexity index is 784. The number of rotatable bonds is 9. The molecule has 0 fully saturated rings. The second-order valence-corrected chi connectivity index (χ2v) is 6.08. The summed E-state index contributed by atoms with van der Waals surface area (Å²) in [7, 11) is 0. The van der Waals surface area contributed by atoms with E-state index < -0.39 is 0 Å². The number of aromatic amines is 1. The third-order valence-corrected chi connectivity index (χ3v) is 4.05. The van der Waals surface area contributed by atoms with E-state index in [1.807, 2.05) is 24.3 Å². The number of carbonyl (C=O) groups excluding carboxylic acids is 1. The number of benzene rings is 1. The molecule has 0 amide bonds. The molecule has 1 aromatic carbocycles. The Morgan fingerprint density at radius 2 is 1.80 bits per heavy atom. The summed E-state index contributed by atoms with van der Waals surface area (Å²) in [6, 6.07) is 16.0. The Labute approximate surface area is 147 Å². The van der Waals surface area contributed by atoms with Crippen LogP contribution >= 0.6 is 0 Å². The highest BCUT2D eigenvalue weighted by Gasteiger charge is 2.10. The minimum atomic E-state index is 0.198. The second-order valence-electron chi connectivity index (χ2n) is 6.08. The van der Waals surface area contributed by atoms with Crippen molar-refractivity contribution in [3.05, 3.63) is 66.1 Å². The molecule has 0 bridgehead atoms. The van der Waals surface area contributed by atoms with Gasteiger partial charge in [0, 0.05) is 12.6 Å². The number of hydrogen-bond donors (Lipinski definition) is 1. The van der Waals surface area contributed by atoms with Crippen LogP contribution in [-0.4, -0.2) is 25.9 Å². The van der Waals surface area contributed by atoms with Crippen LogP contribution in [0.3, 0.4) is 0 Å². The van der Waals surface area contributed by atoms with Gasteiger partial charge in [-0.05, 0) is 37.0 Å². The average Bonchev–Trinajstić information content (AvgIpc) is 3.11. The summed E-state index contributed by atoms with van der Waals surface area (Å²) in [6.07, 6.45) is 6.77. The van der Waals surface area contributed by atoms with E-state index in [2.05, 4.69) is 44.4 Å². The predicted molar refractivity (Wildman–Crippen MR) is 96.9 cm³/mol. The summed E-state index contributed by atoms with van der Waals surface area (Å²) < 4.78 is 0. The minimum absolute atomic E-state index is 0.198. The number of Topliss-reactive ketones (excluding diaryl/α,β-unsaturated/α-hetero) is 1. The molecular formula is C20H22N4O. The van der Waals surface area contributed by atoms with Gasteiger partial charge in [0.25, 0.3) is 0 Å². The number of H-pyrrole nitrogens is 1. The minimum Gasteiger partial charge on any atom is -0.299 e. The van der Waals surface area contributed by atoms with Crippen LogP contribution in [0.15, 0.2) is 54.7 Å². The van der Waals surface area contributed by atoms with Crippen molar-refractivity contribution in [1.29, 1.82) is 0 Å². The molecule has 3 aromatic rings. The van der Waals surface area contributed by atoms with Gasteiger partial charge in [-0.15, -0.1) is 0 Å². The number of pyridine rings is 1. The first-order valence-corrected chi connectivity index (χ1v) is 8.69. The number of aromatic nitrogens is 4. The molecule has 25 heavy (non-hydrogen) atoms. The molecule has 0 unspecified atom stereocenters. The molecule has 0 radical (unpaired) electrons. The average molecular weight is 334 g/mol. The first-order chi connectivity index (χ1) is 12.3. The number of unbranched alkanes of at least 4 members (excludes halogenated alkanes) is 2. The number of hydrogen-bond acceptors (Lipinski definition) is 4. The number of ketones is 1. The Hall–Kier alpha value is -2.82. The predicted octanol–water partition coefficient (Wildman–Crippen LogP) is 3.78. The monoisotopic (exact) mass is 334 g/mol. The second kappa shape index (κ2) is 8.87. The Balaban J connectivity index is 1.37. The summed E-state index contributed by atoms with van der Waals surface area (Å²) in [4.78, 5) is 20.6. The van der Waals surface area contributed by atoms with Crippen molar-refractivity contribution >= 4 is 5.78 Å². The van der Waals surface area contributed by atoms with E-state index in [1.165, 1.54) is 5.56 Å². The Morgan fingerprint density at radius 1 is 0.960 bits per heavy atom. The van der Waals surface area contributed by atoms with Gasteiger partial charge in [0.2, 0.25) is 0 Å². The van der Waals surface area contributed by atoms with Crippen LogP contribution in [-0.2, 0) is 17.6 Å². The maximum Gasteiger partial charge on any atom is 0.199 e. The van der Waals surface area contributed by atoms with Gasteiger partial charge >= 0.3 is 0 Å². The zero-order chi connectivity index (χ0) is 17.3. The fraction of sp³-hybridized carbons (Fsp3) is 0.300. The Kier molecular flexibility index (Phi) is 6.04. The van der Waals surface area contributed by atoms with E-state index >= 15 is 0 Å². The van der Waals surface area contributed by atoms with Gasteiger partial charge in [-0.2, -0.15) is 5.10 Å². The molecule has 0 spiro atoms. The topological polar surface area (TPSA) is 71.5 Å². The van der Waals surface area contributed by atoms with Crippen molar-refractivity contribution in [3.63, 3.8) is 0 Å². The summed E-state index contributed by atoms with van der Waals surface area (Å²) in [5.41, 5.74) is 2.07. The van der Waals surface area contributed by atoms with Crippen LogP contribution in [0.2, 0.25) is 0 Å². The molecule has 5 heteroatoms.